The number of benzene rings is 2. The molecule has 11 heteroatoms. The summed E-state index contributed by atoms with van der Waals surface area (Å²) in [4.78, 5) is -0.135. The molecule has 0 bridgehead atoms. The number of sulfonamides is 1. The van der Waals surface area contributed by atoms with Gasteiger partial charge in [0.1, 0.15) is 5.69 Å². The fraction of sp³-hybridized carbons (Fsp3) is 0.118. The number of rotatable bonds is 5. The first-order valence-corrected chi connectivity index (χ1v) is 9.10. The molecule has 0 aliphatic carbocycles. The Morgan fingerprint density at radius 3 is 2.29 bits per heavy atom. The quantitative estimate of drug-likeness (QED) is 0.604. The molecule has 0 fully saturated rings. The summed E-state index contributed by atoms with van der Waals surface area (Å²) in [6.07, 6.45) is -2.84. The number of halogens is 3. The summed E-state index contributed by atoms with van der Waals surface area (Å²) in [5.74, 6) is -0.651. The summed E-state index contributed by atoms with van der Waals surface area (Å²) < 4.78 is 69.1. The summed E-state index contributed by atoms with van der Waals surface area (Å²) in [7, 11) is -2.59. The molecule has 2 N–H and O–H groups in total. The SMILES string of the molecule is COc1ccc(-c2cc(C(F)F)nn2-c2ccc(S(N)(=O)=O)cc2)cc1F.[H-].[Na+]. The molecule has 144 valence electrons. The van der Waals surface area contributed by atoms with E-state index >= 15 is 0 Å². The van der Waals surface area contributed by atoms with Crippen LogP contribution in [0, 0.1) is 5.82 Å². The van der Waals surface area contributed by atoms with Crippen LogP contribution in [-0.4, -0.2) is 25.3 Å². The number of hydrogen-bond donors (Lipinski definition) is 1. The molecule has 0 spiro atoms. The average Bonchev–Trinajstić information content (AvgIpc) is 3.06. The zero-order valence-electron chi connectivity index (χ0n) is 15.9. The Labute approximate surface area is 182 Å². The maximum absolute atomic E-state index is 14.0. The van der Waals surface area contributed by atoms with Crippen LogP contribution < -0.4 is 39.4 Å². The molecule has 0 aliphatic rings. The molecule has 0 aliphatic heterocycles. The fourth-order valence-corrected chi connectivity index (χ4v) is 3.03. The molecular weight excluding hydrogens is 406 g/mol. The van der Waals surface area contributed by atoms with Gasteiger partial charge < -0.3 is 6.16 Å². The van der Waals surface area contributed by atoms with Gasteiger partial charge in [0.05, 0.1) is 23.4 Å². The second kappa shape index (κ2) is 8.66. The number of methoxy groups -OCH3 is 1. The van der Waals surface area contributed by atoms with Gasteiger partial charge in [-0.1, -0.05) is 0 Å². The van der Waals surface area contributed by atoms with Crippen LogP contribution in [0.15, 0.2) is 53.4 Å². The Hall–Kier alpha value is -1.85. The second-order valence-corrected chi connectivity index (χ2v) is 7.12. The number of aromatic nitrogens is 2. The van der Waals surface area contributed by atoms with Crippen molar-refractivity contribution in [1.82, 2.24) is 9.78 Å². The Morgan fingerprint density at radius 1 is 1.14 bits per heavy atom. The normalized spacial score (nSPS) is 11.4. The molecule has 0 unspecified atom stereocenters. The van der Waals surface area contributed by atoms with E-state index in [1.807, 2.05) is 0 Å². The smallest absolute Gasteiger partial charge is 1.00 e. The number of alkyl halides is 2. The van der Waals surface area contributed by atoms with E-state index in [1.54, 1.807) is 0 Å². The minimum Gasteiger partial charge on any atom is -1.00 e. The van der Waals surface area contributed by atoms with Crippen molar-refractivity contribution in [3.05, 3.63) is 60.0 Å². The predicted octanol–water partition coefficient (Wildman–Crippen LogP) is 0.388. The van der Waals surface area contributed by atoms with E-state index in [0.29, 0.717) is 11.3 Å². The summed E-state index contributed by atoms with van der Waals surface area (Å²) in [5.41, 5.74) is 0.302. The molecule has 0 atom stereocenters. The molecule has 3 aromatic rings. The molecule has 0 radical (unpaired) electrons. The second-order valence-electron chi connectivity index (χ2n) is 5.56. The van der Waals surface area contributed by atoms with Crippen LogP contribution in [0.3, 0.4) is 0 Å². The van der Waals surface area contributed by atoms with E-state index in [9.17, 15) is 21.6 Å². The minimum absolute atomic E-state index is 0. The van der Waals surface area contributed by atoms with Crippen LogP contribution >= 0.6 is 0 Å². The van der Waals surface area contributed by atoms with Gasteiger partial charge in [0.2, 0.25) is 10.0 Å². The van der Waals surface area contributed by atoms with Crippen molar-refractivity contribution in [2.24, 2.45) is 5.14 Å². The number of hydrogen-bond acceptors (Lipinski definition) is 4. The molecule has 0 saturated heterocycles. The van der Waals surface area contributed by atoms with E-state index in [2.05, 4.69) is 5.10 Å². The zero-order chi connectivity index (χ0) is 19.8. The Kier molecular flexibility index (Phi) is 6.94. The summed E-state index contributed by atoms with van der Waals surface area (Å²) in [6, 6.07) is 10.3. The molecule has 0 amide bonds. The van der Waals surface area contributed by atoms with E-state index in [0.717, 1.165) is 12.1 Å². The fourth-order valence-electron chi connectivity index (χ4n) is 2.51. The maximum Gasteiger partial charge on any atom is 1.00 e. The van der Waals surface area contributed by atoms with Gasteiger partial charge in [0.25, 0.3) is 6.43 Å². The van der Waals surface area contributed by atoms with Crippen LogP contribution in [0.5, 0.6) is 5.75 Å². The largest absolute Gasteiger partial charge is 1.00 e. The first-order valence-electron chi connectivity index (χ1n) is 7.56. The summed E-state index contributed by atoms with van der Waals surface area (Å²) in [6.45, 7) is 0. The third-order valence-electron chi connectivity index (χ3n) is 3.81. The van der Waals surface area contributed by atoms with Crippen LogP contribution in [0.25, 0.3) is 16.9 Å². The maximum atomic E-state index is 14.0. The van der Waals surface area contributed by atoms with Crippen molar-refractivity contribution in [2.45, 2.75) is 11.3 Å². The number of nitrogens with two attached hydrogens (primary N) is 1. The molecule has 6 nitrogen and oxygen atoms in total. The molecule has 1 heterocycles. The van der Waals surface area contributed by atoms with Crippen molar-refractivity contribution < 1.29 is 57.3 Å². The first-order chi connectivity index (χ1) is 12.7. The zero-order valence-corrected chi connectivity index (χ0v) is 17.8. The van der Waals surface area contributed by atoms with Crippen LogP contribution in [0.2, 0.25) is 0 Å². The van der Waals surface area contributed by atoms with Crippen molar-refractivity contribution in [3.63, 3.8) is 0 Å². The van der Waals surface area contributed by atoms with Crippen molar-refractivity contribution in [2.75, 3.05) is 7.11 Å². The monoisotopic (exact) mass is 421 g/mol. The molecule has 2 aromatic carbocycles. The molecule has 3 rings (SSSR count). The topological polar surface area (TPSA) is 87.2 Å². The van der Waals surface area contributed by atoms with Gasteiger partial charge in [-0.3, -0.25) is 0 Å². The van der Waals surface area contributed by atoms with Gasteiger partial charge in [0.15, 0.2) is 11.6 Å². The number of ether oxygens (including phenoxy) is 1. The average molecular weight is 421 g/mol. The van der Waals surface area contributed by atoms with Crippen LogP contribution in [0.1, 0.15) is 13.5 Å². The minimum atomic E-state index is -3.90. The third-order valence-corrected chi connectivity index (χ3v) is 4.74. The van der Waals surface area contributed by atoms with Crippen molar-refractivity contribution >= 4 is 10.0 Å². The Balaban J connectivity index is 0.00000210. The molecule has 0 saturated carbocycles. The van der Waals surface area contributed by atoms with Gasteiger partial charge in [-0.25, -0.2) is 31.4 Å². The van der Waals surface area contributed by atoms with Crippen LogP contribution in [0.4, 0.5) is 13.2 Å². The first kappa shape index (κ1) is 22.4. The van der Waals surface area contributed by atoms with Crippen molar-refractivity contribution in [1.29, 1.82) is 0 Å². The van der Waals surface area contributed by atoms with E-state index in [4.69, 9.17) is 9.88 Å². The van der Waals surface area contributed by atoms with Gasteiger partial charge >= 0.3 is 29.6 Å². The molecule has 28 heavy (non-hydrogen) atoms. The number of primary sulfonamides is 1. The van der Waals surface area contributed by atoms with E-state index in [-0.39, 0.29) is 47.3 Å². The Bertz CT molecular complexity index is 1090. The van der Waals surface area contributed by atoms with Crippen molar-refractivity contribution in [3.8, 4) is 22.7 Å². The molecular formula is C17H15F3N3NaO3S. The number of nitrogens with zero attached hydrogens (tertiary/aromatic N) is 2. The van der Waals surface area contributed by atoms with E-state index in [1.165, 1.54) is 48.2 Å². The van der Waals surface area contributed by atoms with Gasteiger partial charge in [-0.2, -0.15) is 5.10 Å². The third kappa shape index (κ3) is 4.58. The predicted molar refractivity (Wildman–Crippen MR) is 93.0 cm³/mol. The van der Waals surface area contributed by atoms with Gasteiger partial charge in [-0.05, 0) is 48.5 Å². The van der Waals surface area contributed by atoms with Crippen LogP contribution in [-0.2, 0) is 10.0 Å². The summed E-state index contributed by atoms with van der Waals surface area (Å²) in [5, 5.41) is 8.90. The summed E-state index contributed by atoms with van der Waals surface area (Å²) >= 11 is 0. The van der Waals surface area contributed by atoms with Gasteiger partial charge in [-0.15, -0.1) is 0 Å². The molecule has 1 aromatic heterocycles. The van der Waals surface area contributed by atoms with Gasteiger partial charge in [0, 0.05) is 5.56 Å². The Morgan fingerprint density at radius 2 is 1.79 bits per heavy atom. The van der Waals surface area contributed by atoms with E-state index < -0.39 is 28.0 Å². The standard InChI is InChI=1S/C17H14F3N3O3S.Na.H/c1-26-16-7-2-10(8-13(16)18)15-9-14(17(19)20)22-23(15)11-3-5-12(6-4-11)27(21,24)25;;/h2-9,17H,1H3,(H2,21,24,25);;/q;+1;-1.